The minimum absolute atomic E-state index is 0.000665. The van der Waals surface area contributed by atoms with Crippen LogP contribution < -0.4 is 5.32 Å². The van der Waals surface area contributed by atoms with E-state index in [1.54, 1.807) is 17.3 Å². The molecule has 25 heavy (non-hydrogen) atoms. The van der Waals surface area contributed by atoms with Gasteiger partial charge in [0.2, 0.25) is 5.88 Å². The van der Waals surface area contributed by atoms with Gasteiger partial charge >= 0.3 is 6.09 Å². The summed E-state index contributed by atoms with van der Waals surface area (Å²) in [5.41, 5.74) is 0.202. The predicted molar refractivity (Wildman–Crippen MR) is 96.8 cm³/mol. The summed E-state index contributed by atoms with van der Waals surface area (Å²) >= 11 is 5.99. The SMILES string of the molecule is CC(C)(C)OC(=O)N1CCC(OC2=C3N=C(Cl)C=CC3N=CN2)CC1. The molecule has 7 nitrogen and oxygen atoms in total. The average Bonchev–Trinajstić information content (AvgIpc) is 2.54. The first-order chi connectivity index (χ1) is 11.8. The van der Waals surface area contributed by atoms with Crippen molar-refractivity contribution in [2.45, 2.75) is 51.4 Å². The number of amides is 1. The fraction of sp³-hybridized carbons (Fsp3) is 0.588. The molecular weight excluding hydrogens is 344 g/mol. The van der Waals surface area contributed by atoms with Crippen molar-refractivity contribution in [1.29, 1.82) is 0 Å². The predicted octanol–water partition coefficient (Wildman–Crippen LogP) is 2.78. The van der Waals surface area contributed by atoms with E-state index in [1.807, 2.05) is 26.8 Å². The molecule has 0 saturated carbocycles. The number of hydrogen-bond acceptors (Lipinski definition) is 6. The number of hydrogen-bond donors (Lipinski definition) is 1. The number of likely N-dealkylation sites (tertiary alicyclic amines) is 1. The van der Waals surface area contributed by atoms with Crippen molar-refractivity contribution >= 4 is 29.2 Å². The fourth-order valence-electron chi connectivity index (χ4n) is 2.78. The zero-order valence-corrected chi connectivity index (χ0v) is 15.4. The minimum Gasteiger partial charge on any atom is -0.474 e. The molecule has 0 aromatic carbocycles. The highest BCUT2D eigenvalue weighted by molar-refractivity contribution is 6.68. The van der Waals surface area contributed by atoms with Crippen LogP contribution in [0.1, 0.15) is 33.6 Å². The van der Waals surface area contributed by atoms with E-state index in [1.165, 1.54) is 0 Å². The van der Waals surface area contributed by atoms with Crippen LogP contribution in [0.15, 0.2) is 33.7 Å². The lowest BCUT2D eigenvalue weighted by molar-refractivity contribution is 0.00261. The van der Waals surface area contributed by atoms with Gasteiger partial charge in [-0.2, -0.15) is 0 Å². The number of fused-ring (bicyclic) bond motifs is 1. The third-order valence-electron chi connectivity index (χ3n) is 3.97. The van der Waals surface area contributed by atoms with Crippen molar-refractivity contribution < 1.29 is 14.3 Å². The van der Waals surface area contributed by atoms with Crippen LogP contribution in [0.2, 0.25) is 0 Å². The smallest absolute Gasteiger partial charge is 0.410 e. The highest BCUT2D eigenvalue weighted by atomic mass is 35.5. The summed E-state index contributed by atoms with van der Waals surface area (Å²) < 4.78 is 11.5. The second-order valence-corrected chi connectivity index (χ2v) is 7.55. The molecule has 0 aliphatic carbocycles. The highest BCUT2D eigenvalue weighted by Crippen LogP contribution is 2.25. The van der Waals surface area contributed by atoms with E-state index in [0.29, 0.717) is 29.8 Å². The second kappa shape index (κ2) is 7.07. The van der Waals surface area contributed by atoms with Gasteiger partial charge in [-0.3, -0.25) is 4.99 Å². The van der Waals surface area contributed by atoms with Gasteiger partial charge < -0.3 is 19.7 Å². The molecule has 1 saturated heterocycles. The molecule has 3 rings (SSSR count). The third-order valence-corrected chi connectivity index (χ3v) is 4.18. The van der Waals surface area contributed by atoms with Gasteiger partial charge in [0, 0.05) is 25.9 Å². The normalized spacial score (nSPS) is 23.8. The molecule has 0 spiro atoms. The highest BCUT2D eigenvalue weighted by Gasteiger charge is 2.30. The maximum absolute atomic E-state index is 12.1. The van der Waals surface area contributed by atoms with Gasteiger partial charge in [0.15, 0.2) is 0 Å². The number of carbonyl (C=O) groups excluding carboxylic acids is 1. The number of carbonyl (C=O) groups is 1. The number of halogens is 1. The standard InChI is InChI=1S/C17H23ClN4O3/c1-17(2,3)25-16(23)22-8-6-11(7-9-22)24-15-14-12(19-10-20-15)4-5-13(18)21-14/h4-5,10-12H,6-9H2,1-3H3,(H,19,20). The van der Waals surface area contributed by atoms with Crippen molar-refractivity contribution in [2.24, 2.45) is 9.98 Å². The molecule has 1 atom stereocenters. The number of piperidine rings is 1. The van der Waals surface area contributed by atoms with Crippen LogP contribution in [0, 0.1) is 0 Å². The van der Waals surface area contributed by atoms with Crippen molar-refractivity contribution in [3.63, 3.8) is 0 Å². The summed E-state index contributed by atoms with van der Waals surface area (Å²) in [5, 5.41) is 3.42. The molecule has 0 aromatic heterocycles. The Morgan fingerprint density at radius 1 is 1.36 bits per heavy atom. The van der Waals surface area contributed by atoms with E-state index in [9.17, 15) is 4.79 Å². The second-order valence-electron chi connectivity index (χ2n) is 7.16. The van der Waals surface area contributed by atoms with Gasteiger partial charge in [-0.1, -0.05) is 17.7 Å². The number of dihydropyridines is 1. The summed E-state index contributed by atoms with van der Waals surface area (Å²) in [7, 11) is 0. The zero-order chi connectivity index (χ0) is 18.0. The molecule has 0 bridgehead atoms. The zero-order valence-electron chi connectivity index (χ0n) is 14.7. The number of ether oxygens (including phenoxy) is 2. The molecule has 3 aliphatic rings. The Morgan fingerprint density at radius 2 is 2.08 bits per heavy atom. The monoisotopic (exact) mass is 366 g/mol. The third kappa shape index (κ3) is 4.54. The van der Waals surface area contributed by atoms with Gasteiger partial charge in [0.05, 0.1) is 6.34 Å². The van der Waals surface area contributed by atoms with Gasteiger partial charge in [0.25, 0.3) is 0 Å². The Bertz CT molecular complexity index is 655. The number of allylic oxidation sites excluding steroid dienone is 1. The summed E-state index contributed by atoms with van der Waals surface area (Å²) in [4.78, 5) is 22.5. The largest absolute Gasteiger partial charge is 0.474 e. The lowest BCUT2D eigenvalue weighted by Crippen LogP contribution is -2.44. The van der Waals surface area contributed by atoms with E-state index in [-0.39, 0.29) is 18.2 Å². The quantitative estimate of drug-likeness (QED) is 0.815. The molecule has 3 aliphatic heterocycles. The molecule has 0 aromatic rings. The van der Waals surface area contributed by atoms with Crippen molar-refractivity contribution in [2.75, 3.05) is 13.1 Å². The Kier molecular flexibility index (Phi) is 5.03. The lowest BCUT2D eigenvalue weighted by atomic mass is 10.1. The number of aliphatic imine (C=N–C) groups is 2. The number of nitrogens with zero attached hydrogens (tertiary/aromatic N) is 3. The molecule has 8 heteroatoms. The molecule has 1 fully saturated rings. The van der Waals surface area contributed by atoms with Gasteiger partial charge in [0.1, 0.15) is 28.6 Å². The Hall–Kier alpha value is -2.02. The molecule has 0 radical (unpaired) electrons. The van der Waals surface area contributed by atoms with E-state index >= 15 is 0 Å². The van der Waals surface area contributed by atoms with E-state index in [0.717, 1.165) is 12.8 Å². The van der Waals surface area contributed by atoms with E-state index in [4.69, 9.17) is 21.1 Å². The van der Waals surface area contributed by atoms with Gasteiger partial charge in [-0.05, 0) is 26.8 Å². The van der Waals surface area contributed by atoms with Gasteiger partial charge in [-0.15, -0.1) is 0 Å². The minimum atomic E-state index is -0.483. The van der Waals surface area contributed by atoms with Gasteiger partial charge in [-0.25, -0.2) is 9.79 Å². The number of rotatable bonds is 2. The first-order valence-electron chi connectivity index (χ1n) is 8.41. The van der Waals surface area contributed by atoms with Crippen LogP contribution in [-0.2, 0) is 9.47 Å². The average molecular weight is 367 g/mol. The summed E-state index contributed by atoms with van der Waals surface area (Å²) in [5.74, 6) is 0.582. The van der Waals surface area contributed by atoms with Crippen molar-refractivity contribution in [3.05, 3.63) is 23.7 Å². The van der Waals surface area contributed by atoms with Crippen molar-refractivity contribution in [3.8, 4) is 0 Å². The molecule has 1 N–H and O–H groups in total. The maximum Gasteiger partial charge on any atom is 0.410 e. The molecular formula is C17H23ClN4O3. The van der Waals surface area contributed by atoms with Crippen LogP contribution in [0.4, 0.5) is 4.79 Å². The fourth-order valence-corrected chi connectivity index (χ4v) is 2.94. The lowest BCUT2D eigenvalue weighted by Gasteiger charge is -2.34. The van der Waals surface area contributed by atoms with Crippen molar-refractivity contribution in [1.82, 2.24) is 10.2 Å². The van der Waals surface area contributed by atoms with E-state index in [2.05, 4.69) is 15.3 Å². The molecule has 136 valence electrons. The van der Waals surface area contributed by atoms with E-state index < -0.39 is 5.60 Å². The first-order valence-corrected chi connectivity index (χ1v) is 8.79. The van der Waals surface area contributed by atoms with Crippen LogP contribution in [-0.4, -0.2) is 53.3 Å². The Balaban J connectivity index is 1.57. The van der Waals surface area contributed by atoms with Crippen LogP contribution in [0.25, 0.3) is 0 Å². The summed E-state index contributed by atoms with van der Waals surface area (Å²) in [6, 6.07) is -0.166. The summed E-state index contributed by atoms with van der Waals surface area (Å²) in [6.45, 7) is 6.80. The summed E-state index contributed by atoms with van der Waals surface area (Å²) in [6.07, 6.45) is 6.41. The molecule has 3 heterocycles. The van der Waals surface area contributed by atoms with Crippen LogP contribution >= 0.6 is 11.6 Å². The molecule has 1 unspecified atom stereocenters. The Morgan fingerprint density at radius 3 is 2.76 bits per heavy atom. The maximum atomic E-state index is 12.1. The van der Waals surface area contributed by atoms with Crippen LogP contribution in [0.5, 0.6) is 0 Å². The molecule has 1 amide bonds. The first kappa shape index (κ1) is 17.8. The topological polar surface area (TPSA) is 75.5 Å². The Labute approximate surface area is 152 Å². The van der Waals surface area contributed by atoms with Crippen LogP contribution in [0.3, 0.4) is 0 Å². The number of nitrogens with one attached hydrogen (secondary N) is 1.